The van der Waals surface area contributed by atoms with Crippen molar-refractivity contribution in [2.75, 3.05) is 28.6 Å². The quantitative estimate of drug-likeness (QED) is 0.610. The fraction of sp³-hybridized carbons (Fsp3) is 0.190. The Morgan fingerprint density at radius 2 is 1.62 bits per heavy atom. The summed E-state index contributed by atoms with van der Waals surface area (Å²) in [7, 11) is 0. The van der Waals surface area contributed by atoms with Crippen molar-refractivity contribution in [3.8, 4) is 0 Å². The van der Waals surface area contributed by atoms with Crippen molar-refractivity contribution in [1.29, 1.82) is 0 Å². The van der Waals surface area contributed by atoms with Gasteiger partial charge in [0.05, 0.1) is 12.4 Å². The molecule has 2 aromatic carbocycles. The van der Waals surface area contributed by atoms with Crippen LogP contribution in [-0.2, 0) is 0 Å². The van der Waals surface area contributed by atoms with Crippen molar-refractivity contribution in [3.63, 3.8) is 0 Å². The van der Waals surface area contributed by atoms with Gasteiger partial charge in [0.25, 0.3) is 5.91 Å². The lowest BCUT2D eigenvalue weighted by Crippen LogP contribution is -2.21. The van der Waals surface area contributed by atoms with Crippen LogP contribution in [0.3, 0.4) is 0 Å². The van der Waals surface area contributed by atoms with Gasteiger partial charge >= 0.3 is 0 Å². The molecule has 1 heterocycles. The Bertz CT molecular complexity index is 973. The van der Waals surface area contributed by atoms with Crippen molar-refractivity contribution in [2.45, 2.75) is 13.8 Å². The van der Waals surface area contributed by atoms with E-state index >= 15 is 0 Å². The highest BCUT2D eigenvalue weighted by atomic mass is 19.2. The van der Waals surface area contributed by atoms with Gasteiger partial charge in [0.15, 0.2) is 11.6 Å². The highest BCUT2D eigenvalue weighted by molar-refractivity contribution is 6.02. The van der Waals surface area contributed by atoms with Gasteiger partial charge in [-0.05, 0) is 50.2 Å². The Morgan fingerprint density at radius 3 is 2.21 bits per heavy atom. The first-order valence-electron chi connectivity index (χ1n) is 9.20. The van der Waals surface area contributed by atoms with Crippen molar-refractivity contribution < 1.29 is 13.6 Å². The molecule has 1 aromatic heterocycles. The second-order valence-electron chi connectivity index (χ2n) is 6.21. The number of carbonyl (C=O) groups excluding carboxylic acids is 1. The minimum absolute atomic E-state index is 0.133. The molecule has 0 saturated heterocycles. The summed E-state index contributed by atoms with van der Waals surface area (Å²) in [6.07, 6.45) is 2.65. The molecule has 6 nitrogen and oxygen atoms in total. The average Bonchev–Trinajstić information content (AvgIpc) is 2.73. The molecule has 0 unspecified atom stereocenters. The smallest absolute Gasteiger partial charge is 0.275 e. The van der Waals surface area contributed by atoms with Crippen LogP contribution in [0.25, 0.3) is 0 Å². The van der Waals surface area contributed by atoms with Gasteiger partial charge in [0, 0.05) is 36.2 Å². The number of hydrogen-bond acceptors (Lipinski definition) is 5. The van der Waals surface area contributed by atoms with Gasteiger partial charge in [0.1, 0.15) is 11.5 Å². The topological polar surface area (TPSA) is 70.2 Å². The van der Waals surface area contributed by atoms with E-state index in [0.29, 0.717) is 17.2 Å². The number of amides is 1. The van der Waals surface area contributed by atoms with E-state index in [1.165, 1.54) is 18.5 Å². The molecule has 3 aromatic rings. The third-order valence-corrected chi connectivity index (χ3v) is 4.33. The van der Waals surface area contributed by atoms with Crippen LogP contribution in [0.5, 0.6) is 0 Å². The zero-order valence-electron chi connectivity index (χ0n) is 16.1. The molecule has 0 aliphatic rings. The van der Waals surface area contributed by atoms with Crippen LogP contribution < -0.4 is 15.5 Å². The van der Waals surface area contributed by atoms with Crippen LogP contribution in [0.15, 0.2) is 54.9 Å². The maximum Gasteiger partial charge on any atom is 0.275 e. The second kappa shape index (κ2) is 9.09. The molecular weight excluding hydrogens is 376 g/mol. The van der Waals surface area contributed by atoms with Crippen molar-refractivity contribution in [2.24, 2.45) is 0 Å². The molecule has 0 radical (unpaired) electrons. The summed E-state index contributed by atoms with van der Waals surface area (Å²) >= 11 is 0. The first kappa shape index (κ1) is 20.2. The Hall–Kier alpha value is -3.55. The summed E-state index contributed by atoms with van der Waals surface area (Å²) in [6.45, 7) is 5.98. The van der Waals surface area contributed by atoms with Gasteiger partial charge < -0.3 is 15.5 Å². The van der Waals surface area contributed by atoms with E-state index in [1.807, 2.05) is 24.3 Å². The van der Waals surface area contributed by atoms with Crippen molar-refractivity contribution >= 4 is 28.8 Å². The van der Waals surface area contributed by atoms with Crippen LogP contribution >= 0.6 is 0 Å². The summed E-state index contributed by atoms with van der Waals surface area (Å²) in [5.41, 5.74) is 2.19. The number of anilines is 4. The first-order chi connectivity index (χ1) is 14.0. The Balaban J connectivity index is 1.63. The highest BCUT2D eigenvalue weighted by Gasteiger charge is 2.10. The van der Waals surface area contributed by atoms with E-state index in [-0.39, 0.29) is 5.69 Å². The number of hydrogen-bond donors (Lipinski definition) is 2. The molecule has 8 heteroatoms. The molecule has 0 atom stereocenters. The lowest BCUT2D eigenvalue weighted by atomic mass is 10.2. The highest BCUT2D eigenvalue weighted by Crippen LogP contribution is 2.19. The molecule has 0 fully saturated rings. The molecular formula is C21H21F2N5O. The van der Waals surface area contributed by atoms with Gasteiger partial charge in [-0.15, -0.1) is 0 Å². The average molecular weight is 397 g/mol. The number of halogens is 2. The number of rotatable bonds is 7. The Kier molecular flexibility index (Phi) is 6.33. The van der Waals surface area contributed by atoms with Gasteiger partial charge in [-0.2, -0.15) is 0 Å². The van der Waals surface area contributed by atoms with E-state index in [2.05, 4.69) is 39.3 Å². The fourth-order valence-corrected chi connectivity index (χ4v) is 2.77. The number of carbonyl (C=O) groups is 1. The number of benzene rings is 2. The van der Waals surface area contributed by atoms with Crippen LogP contribution in [0, 0.1) is 11.6 Å². The molecule has 0 aliphatic heterocycles. The monoisotopic (exact) mass is 397 g/mol. The molecule has 150 valence electrons. The van der Waals surface area contributed by atoms with E-state index < -0.39 is 17.5 Å². The minimum atomic E-state index is -0.967. The second-order valence-corrected chi connectivity index (χ2v) is 6.21. The SMILES string of the molecule is CCN(CC)c1ccc(NC(=O)c2cnc(Nc3ccc(F)c(F)c3)cn2)cc1. The van der Waals surface area contributed by atoms with Gasteiger partial charge in [-0.1, -0.05) is 0 Å². The van der Waals surface area contributed by atoms with Crippen molar-refractivity contribution in [3.05, 3.63) is 72.2 Å². The normalized spacial score (nSPS) is 10.5. The predicted molar refractivity (Wildman–Crippen MR) is 110 cm³/mol. The third-order valence-electron chi connectivity index (χ3n) is 4.33. The van der Waals surface area contributed by atoms with Crippen LogP contribution in [-0.4, -0.2) is 29.0 Å². The van der Waals surface area contributed by atoms with Gasteiger partial charge in [-0.25, -0.2) is 18.7 Å². The molecule has 0 aliphatic carbocycles. The van der Waals surface area contributed by atoms with E-state index in [1.54, 1.807) is 0 Å². The molecule has 0 spiro atoms. The molecule has 3 rings (SSSR count). The Morgan fingerprint density at radius 1 is 0.931 bits per heavy atom. The van der Waals surface area contributed by atoms with Crippen LogP contribution in [0.4, 0.5) is 31.7 Å². The summed E-state index contributed by atoms with van der Waals surface area (Å²) in [4.78, 5) is 22.7. The Labute approximate surface area is 167 Å². The molecule has 0 saturated carbocycles. The van der Waals surface area contributed by atoms with E-state index in [4.69, 9.17) is 0 Å². The maximum atomic E-state index is 13.3. The van der Waals surface area contributed by atoms with Gasteiger partial charge in [0.2, 0.25) is 0 Å². The van der Waals surface area contributed by atoms with Gasteiger partial charge in [-0.3, -0.25) is 4.79 Å². The van der Waals surface area contributed by atoms with E-state index in [9.17, 15) is 13.6 Å². The number of nitrogens with one attached hydrogen (secondary N) is 2. The molecule has 29 heavy (non-hydrogen) atoms. The summed E-state index contributed by atoms with van der Waals surface area (Å²) < 4.78 is 26.2. The number of aromatic nitrogens is 2. The predicted octanol–water partition coefficient (Wildman–Crippen LogP) is 4.60. The summed E-state index contributed by atoms with van der Waals surface area (Å²) in [6, 6.07) is 11.0. The van der Waals surface area contributed by atoms with Crippen LogP contribution in [0.1, 0.15) is 24.3 Å². The number of nitrogens with zero attached hydrogens (tertiary/aromatic N) is 3. The standard InChI is InChI=1S/C21H21F2N5O/c1-3-28(4-2)16-8-5-14(6-9-16)27-21(29)19-12-25-20(13-24-19)26-15-7-10-17(22)18(23)11-15/h5-13H,3-4H2,1-2H3,(H,25,26)(H,27,29). The zero-order chi connectivity index (χ0) is 20.8. The van der Waals surface area contributed by atoms with Crippen molar-refractivity contribution in [1.82, 2.24) is 9.97 Å². The molecule has 1 amide bonds. The lowest BCUT2D eigenvalue weighted by Gasteiger charge is -2.21. The molecule has 2 N–H and O–H groups in total. The third kappa shape index (κ3) is 5.04. The summed E-state index contributed by atoms with van der Waals surface area (Å²) in [5.74, 6) is -1.99. The maximum absolute atomic E-state index is 13.3. The minimum Gasteiger partial charge on any atom is -0.372 e. The van der Waals surface area contributed by atoms with E-state index in [0.717, 1.165) is 30.9 Å². The zero-order valence-corrected chi connectivity index (χ0v) is 16.1. The fourth-order valence-electron chi connectivity index (χ4n) is 2.77. The van der Waals surface area contributed by atoms with Crippen LogP contribution in [0.2, 0.25) is 0 Å². The largest absolute Gasteiger partial charge is 0.372 e. The summed E-state index contributed by atoms with van der Waals surface area (Å²) in [5, 5.41) is 5.57. The molecule has 0 bridgehead atoms. The lowest BCUT2D eigenvalue weighted by molar-refractivity contribution is 0.102. The first-order valence-corrected chi connectivity index (χ1v) is 9.20.